The van der Waals surface area contributed by atoms with E-state index < -0.39 is 5.97 Å². The van der Waals surface area contributed by atoms with Gasteiger partial charge >= 0.3 is 5.97 Å². The summed E-state index contributed by atoms with van der Waals surface area (Å²) in [7, 11) is 0. The maximum Gasteiger partial charge on any atom is 0.337 e. The first-order chi connectivity index (χ1) is 9.72. The van der Waals surface area contributed by atoms with Gasteiger partial charge in [0.1, 0.15) is 5.52 Å². The van der Waals surface area contributed by atoms with Crippen molar-refractivity contribution in [1.29, 1.82) is 0 Å². The predicted octanol–water partition coefficient (Wildman–Crippen LogP) is 3.80. The molecule has 0 fully saturated rings. The lowest BCUT2D eigenvalue weighted by atomic mass is 10.1. The van der Waals surface area contributed by atoms with Crippen molar-refractivity contribution < 1.29 is 9.90 Å². The Morgan fingerprint density at radius 3 is 2.90 bits per heavy atom. The average Bonchev–Trinajstić information content (AvgIpc) is 3.09. The molecule has 2 heterocycles. The molecule has 5 heteroatoms. The molecule has 0 aliphatic rings. The summed E-state index contributed by atoms with van der Waals surface area (Å²) in [4.78, 5) is 16.8. The zero-order valence-corrected chi connectivity index (χ0v) is 11.8. The van der Waals surface area contributed by atoms with Gasteiger partial charge in [-0.3, -0.25) is 0 Å². The summed E-state index contributed by atoms with van der Waals surface area (Å²) in [5.74, 6) is -0.940. The third-order valence-corrected chi connectivity index (χ3v) is 4.40. The van der Waals surface area contributed by atoms with Gasteiger partial charge in [-0.1, -0.05) is 19.1 Å². The molecular weight excluding hydrogens is 272 g/mol. The fraction of sp³-hybridized carbons (Fsp3) is 0.200. The first-order valence-electron chi connectivity index (χ1n) is 6.44. The maximum atomic E-state index is 11.2. The summed E-state index contributed by atoms with van der Waals surface area (Å²) in [6.07, 6.45) is 2.67. The number of imidazole rings is 1. The van der Waals surface area contributed by atoms with Gasteiger partial charge in [-0.05, 0) is 30.0 Å². The van der Waals surface area contributed by atoms with Gasteiger partial charge < -0.3 is 9.67 Å². The van der Waals surface area contributed by atoms with Crippen LogP contribution in [-0.2, 0) is 0 Å². The van der Waals surface area contributed by atoms with Gasteiger partial charge in [0, 0.05) is 4.88 Å². The molecule has 0 amide bonds. The monoisotopic (exact) mass is 286 g/mol. The quantitative estimate of drug-likeness (QED) is 0.793. The lowest BCUT2D eigenvalue weighted by Gasteiger charge is -2.16. The molecular formula is C15H14N2O2S. The van der Waals surface area contributed by atoms with Crippen molar-refractivity contribution in [1.82, 2.24) is 9.55 Å². The van der Waals surface area contributed by atoms with Crippen LogP contribution in [0.5, 0.6) is 0 Å². The molecule has 0 aliphatic heterocycles. The Morgan fingerprint density at radius 2 is 2.25 bits per heavy atom. The van der Waals surface area contributed by atoms with Crippen LogP contribution >= 0.6 is 11.3 Å². The Morgan fingerprint density at radius 1 is 1.40 bits per heavy atom. The molecule has 1 unspecified atom stereocenters. The first-order valence-corrected chi connectivity index (χ1v) is 7.32. The molecule has 1 atom stereocenters. The van der Waals surface area contributed by atoms with E-state index in [-0.39, 0.29) is 11.6 Å². The van der Waals surface area contributed by atoms with E-state index in [9.17, 15) is 9.90 Å². The Bertz CT molecular complexity index is 746. The van der Waals surface area contributed by atoms with E-state index in [2.05, 4.69) is 27.9 Å². The van der Waals surface area contributed by atoms with Gasteiger partial charge in [-0.2, -0.15) is 0 Å². The zero-order chi connectivity index (χ0) is 14.1. The van der Waals surface area contributed by atoms with Crippen molar-refractivity contribution in [3.63, 3.8) is 0 Å². The van der Waals surface area contributed by atoms with Gasteiger partial charge in [0.2, 0.25) is 0 Å². The highest BCUT2D eigenvalue weighted by molar-refractivity contribution is 7.10. The number of nitrogens with zero attached hydrogens (tertiary/aromatic N) is 2. The number of carboxylic acid groups (broad SMARTS) is 1. The molecule has 102 valence electrons. The molecule has 2 aromatic heterocycles. The van der Waals surface area contributed by atoms with Crippen LogP contribution in [-0.4, -0.2) is 20.6 Å². The summed E-state index contributed by atoms with van der Waals surface area (Å²) >= 11 is 1.71. The Hall–Kier alpha value is -2.14. The normalized spacial score (nSPS) is 12.7. The van der Waals surface area contributed by atoms with E-state index in [1.54, 1.807) is 29.8 Å². The van der Waals surface area contributed by atoms with Crippen molar-refractivity contribution in [2.45, 2.75) is 19.4 Å². The average molecular weight is 286 g/mol. The van der Waals surface area contributed by atoms with Crippen LogP contribution in [0.3, 0.4) is 0 Å². The molecule has 20 heavy (non-hydrogen) atoms. The third kappa shape index (κ3) is 2.00. The van der Waals surface area contributed by atoms with Crippen LogP contribution in [0.4, 0.5) is 0 Å². The second kappa shape index (κ2) is 5.09. The smallest absolute Gasteiger partial charge is 0.337 e. The number of rotatable bonds is 4. The minimum absolute atomic E-state index is 0.198. The number of carbonyl (C=O) groups is 1. The summed E-state index contributed by atoms with van der Waals surface area (Å²) in [6.45, 7) is 2.12. The van der Waals surface area contributed by atoms with Gasteiger partial charge in [0.15, 0.2) is 0 Å². The summed E-state index contributed by atoms with van der Waals surface area (Å²) < 4.78 is 2.06. The predicted molar refractivity (Wildman–Crippen MR) is 79.4 cm³/mol. The lowest BCUT2D eigenvalue weighted by molar-refractivity contribution is 0.0699. The fourth-order valence-electron chi connectivity index (χ4n) is 2.49. The largest absolute Gasteiger partial charge is 0.478 e. The van der Waals surface area contributed by atoms with Crippen molar-refractivity contribution in [2.24, 2.45) is 0 Å². The van der Waals surface area contributed by atoms with Crippen molar-refractivity contribution in [3.05, 3.63) is 52.5 Å². The number of carboxylic acids is 1. The Balaban J connectivity index is 2.17. The number of aromatic carboxylic acids is 1. The molecule has 0 radical (unpaired) electrons. The third-order valence-electron chi connectivity index (χ3n) is 3.43. The van der Waals surface area contributed by atoms with E-state index in [1.807, 2.05) is 12.1 Å². The standard InChI is InChI=1S/C15H14N2O2S/c1-2-11(13-7-4-8-20-13)17-9-16-14-10(15(18)19)5-3-6-12(14)17/h3-9,11H,2H2,1H3,(H,18,19). The summed E-state index contributed by atoms with van der Waals surface area (Å²) in [6, 6.07) is 9.62. The van der Waals surface area contributed by atoms with Gasteiger partial charge in [-0.15, -0.1) is 11.3 Å². The van der Waals surface area contributed by atoms with Crippen molar-refractivity contribution >= 4 is 28.3 Å². The van der Waals surface area contributed by atoms with Crippen LogP contribution in [0.2, 0.25) is 0 Å². The molecule has 0 bridgehead atoms. The van der Waals surface area contributed by atoms with E-state index in [0.29, 0.717) is 5.52 Å². The molecule has 0 aliphatic carbocycles. The van der Waals surface area contributed by atoms with E-state index >= 15 is 0 Å². The molecule has 0 saturated carbocycles. The zero-order valence-electron chi connectivity index (χ0n) is 11.0. The number of thiophene rings is 1. The SMILES string of the molecule is CCC(c1cccs1)n1cnc2c(C(=O)O)cccc21. The topological polar surface area (TPSA) is 55.1 Å². The molecule has 0 spiro atoms. The molecule has 0 saturated heterocycles. The lowest BCUT2D eigenvalue weighted by Crippen LogP contribution is -2.07. The van der Waals surface area contributed by atoms with Crippen LogP contribution in [0.15, 0.2) is 42.0 Å². The number of hydrogen-bond acceptors (Lipinski definition) is 3. The Labute approximate surface area is 120 Å². The molecule has 3 rings (SSSR count). The molecule has 1 aromatic carbocycles. The highest BCUT2D eigenvalue weighted by Gasteiger charge is 2.18. The van der Waals surface area contributed by atoms with Crippen molar-refractivity contribution in [3.8, 4) is 0 Å². The van der Waals surface area contributed by atoms with E-state index in [1.165, 1.54) is 4.88 Å². The van der Waals surface area contributed by atoms with Gasteiger partial charge in [0.25, 0.3) is 0 Å². The van der Waals surface area contributed by atoms with Crippen LogP contribution < -0.4 is 0 Å². The first kappa shape index (κ1) is 12.9. The number of benzene rings is 1. The minimum atomic E-state index is -0.940. The number of para-hydroxylation sites is 1. The van der Waals surface area contributed by atoms with Crippen LogP contribution in [0, 0.1) is 0 Å². The molecule has 1 N–H and O–H groups in total. The van der Waals surface area contributed by atoms with Gasteiger partial charge in [-0.25, -0.2) is 9.78 Å². The van der Waals surface area contributed by atoms with E-state index in [0.717, 1.165) is 11.9 Å². The van der Waals surface area contributed by atoms with Crippen molar-refractivity contribution in [2.75, 3.05) is 0 Å². The summed E-state index contributed by atoms with van der Waals surface area (Å²) in [5.41, 5.74) is 1.67. The van der Waals surface area contributed by atoms with Crippen LogP contribution in [0.1, 0.15) is 34.6 Å². The van der Waals surface area contributed by atoms with Crippen LogP contribution in [0.25, 0.3) is 11.0 Å². The Kier molecular flexibility index (Phi) is 3.28. The highest BCUT2D eigenvalue weighted by Crippen LogP contribution is 2.30. The maximum absolute atomic E-state index is 11.2. The minimum Gasteiger partial charge on any atom is -0.478 e. The number of hydrogen-bond donors (Lipinski definition) is 1. The molecule has 4 nitrogen and oxygen atoms in total. The second-order valence-corrected chi connectivity index (χ2v) is 5.55. The number of fused-ring (bicyclic) bond motifs is 1. The molecule has 3 aromatic rings. The summed E-state index contributed by atoms with van der Waals surface area (Å²) in [5, 5.41) is 11.3. The number of aromatic nitrogens is 2. The van der Waals surface area contributed by atoms with Gasteiger partial charge in [0.05, 0.1) is 23.4 Å². The second-order valence-electron chi connectivity index (χ2n) is 4.57. The fourth-order valence-corrected chi connectivity index (χ4v) is 3.40. The highest BCUT2D eigenvalue weighted by atomic mass is 32.1. The van der Waals surface area contributed by atoms with E-state index in [4.69, 9.17) is 0 Å².